The first-order valence-electron chi connectivity index (χ1n) is 8.35. The lowest BCUT2D eigenvalue weighted by molar-refractivity contribution is 0.0907. The van der Waals surface area contributed by atoms with Crippen LogP contribution in [0.2, 0.25) is 0 Å². The van der Waals surface area contributed by atoms with Gasteiger partial charge >= 0.3 is 0 Å². The number of hydrogen-bond donors (Lipinski definition) is 1. The lowest BCUT2D eigenvalue weighted by Gasteiger charge is -2.14. The van der Waals surface area contributed by atoms with Gasteiger partial charge in [0.05, 0.1) is 29.4 Å². The molecule has 2 aromatic heterocycles. The van der Waals surface area contributed by atoms with E-state index in [1.54, 1.807) is 18.0 Å². The topological polar surface area (TPSA) is 69.0 Å². The molecule has 2 heterocycles. The fourth-order valence-corrected chi connectivity index (χ4v) is 2.82. The summed E-state index contributed by atoms with van der Waals surface area (Å²) in [4.78, 5) is 17.5. The first-order chi connectivity index (χ1) is 12.1. The molecule has 1 atom stereocenters. The van der Waals surface area contributed by atoms with Crippen molar-refractivity contribution in [2.45, 2.75) is 26.4 Å². The Morgan fingerprint density at radius 1 is 1.32 bits per heavy atom. The van der Waals surface area contributed by atoms with Crippen LogP contribution in [0.15, 0.2) is 42.6 Å². The third kappa shape index (κ3) is 3.53. The molecule has 6 heteroatoms. The highest BCUT2D eigenvalue weighted by Gasteiger charge is 2.18. The highest BCUT2D eigenvalue weighted by molar-refractivity contribution is 6.06. The molecule has 0 aliphatic carbocycles. The Labute approximate surface area is 146 Å². The molecular formula is C19H22N4O2. The first-order valence-corrected chi connectivity index (χ1v) is 8.35. The molecule has 130 valence electrons. The Hall–Kier alpha value is -2.73. The third-order valence-corrected chi connectivity index (χ3v) is 4.02. The minimum absolute atomic E-state index is 0.0814. The van der Waals surface area contributed by atoms with Crippen LogP contribution < -0.4 is 5.32 Å². The Bertz CT molecular complexity index is 874. The molecule has 3 aromatic rings. The largest absolute Gasteiger partial charge is 0.383 e. The number of fused-ring (bicyclic) bond motifs is 1. The summed E-state index contributed by atoms with van der Waals surface area (Å²) in [5, 5.41) is 8.08. The van der Waals surface area contributed by atoms with Gasteiger partial charge in [0.15, 0.2) is 5.65 Å². The van der Waals surface area contributed by atoms with E-state index < -0.39 is 0 Å². The van der Waals surface area contributed by atoms with Crippen molar-refractivity contribution in [3.05, 3.63) is 48.2 Å². The maximum atomic E-state index is 12.8. The van der Waals surface area contributed by atoms with Crippen LogP contribution >= 0.6 is 0 Å². The van der Waals surface area contributed by atoms with Crippen LogP contribution in [0.4, 0.5) is 0 Å². The molecule has 1 aromatic carbocycles. The van der Waals surface area contributed by atoms with Gasteiger partial charge in [-0.15, -0.1) is 0 Å². The van der Waals surface area contributed by atoms with E-state index in [2.05, 4.69) is 10.4 Å². The zero-order valence-corrected chi connectivity index (χ0v) is 14.7. The predicted molar refractivity (Wildman–Crippen MR) is 97.4 cm³/mol. The van der Waals surface area contributed by atoms with Gasteiger partial charge in [-0.05, 0) is 19.9 Å². The van der Waals surface area contributed by atoms with Crippen molar-refractivity contribution in [3.8, 4) is 11.3 Å². The molecule has 1 unspecified atom stereocenters. The summed E-state index contributed by atoms with van der Waals surface area (Å²) in [7, 11) is 1.62. The van der Waals surface area contributed by atoms with Crippen molar-refractivity contribution >= 4 is 16.9 Å². The second-order valence-electron chi connectivity index (χ2n) is 5.95. The summed E-state index contributed by atoms with van der Waals surface area (Å²) in [5.41, 5.74) is 3.01. The summed E-state index contributed by atoms with van der Waals surface area (Å²) in [6.07, 6.45) is 1.70. The number of rotatable bonds is 6. The van der Waals surface area contributed by atoms with E-state index in [-0.39, 0.29) is 11.9 Å². The average molecular weight is 338 g/mol. The molecule has 0 bridgehead atoms. The monoisotopic (exact) mass is 338 g/mol. The molecule has 0 spiro atoms. The number of carbonyl (C=O) groups excluding carboxylic acids is 1. The van der Waals surface area contributed by atoms with Crippen molar-refractivity contribution < 1.29 is 9.53 Å². The van der Waals surface area contributed by atoms with E-state index in [0.717, 1.165) is 16.6 Å². The number of amides is 1. The lowest BCUT2D eigenvalue weighted by atomic mass is 10.1. The Balaban J connectivity index is 2.10. The second-order valence-corrected chi connectivity index (χ2v) is 5.95. The van der Waals surface area contributed by atoms with Crippen molar-refractivity contribution in [1.29, 1.82) is 0 Å². The molecule has 0 saturated carbocycles. The van der Waals surface area contributed by atoms with Gasteiger partial charge in [-0.25, -0.2) is 9.67 Å². The summed E-state index contributed by atoms with van der Waals surface area (Å²) < 4.78 is 6.90. The fourth-order valence-electron chi connectivity index (χ4n) is 2.82. The zero-order chi connectivity index (χ0) is 17.8. The summed E-state index contributed by atoms with van der Waals surface area (Å²) in [6, 6.07) is 11.6. The number of carbonyl (C=O) groups is 1. The van der Waals surface area contributed by atoms with Crippen LogP contribution in [0.25, 0.3) is 22.3 Å². The van der Waals surface area contributed by atoms with Gasteiger partial charge in [0.1, 0.15) is 0 Å². The highest BCUT2D eigenvalue weighted by Crippen LogP contribution is 2.25. The fraction of sp³-hybridized carbons (Fsp3) is 0.316. The minimum Gasteiger partial charge on any atom is -0.383 e. The molecule has 0 saturated heterocycles. The van der Waals surface area contributed by atoms with Gasteiger partial charge < -0.3 is 10.1 Å². The van der Waals surface area contributed by atoms with E-state index in [1.807, 2.05) is 50.2 Å². The van der Waals surface area contributed by atoms with Crippen molar-refractivity contribution in [3.63, 3.8) is 0 Å². The van der Waals surface area contributed by atoms with Gasteiger partial charge in [0, 0.05) is 25.3 Å². The summed E-state index contributed by atoms with van der Waals surface area (Å²) >= 11 is 0. The number of ether oxygens (including phenoxy) is 1. The molecule has 0 aliphatic heterocycles. The number of methoxy groups -OCH3 is 1. The number of nitrogens with zero attached hydrogens (tertiary/aromatic N) is 3. The zero-order valence-electron chi connectivity index (χ0n) is 14.7. The van der Waals surface area contributed by atoms with Crippen LogP contribution in [0.5, 0.6) is 0 Å². The number of nitrogens with one attached hydrogen (secondary N) is 1. The molecule has 25 heavy (non-hydrogen) atoms. The second kappa shape index (κ2) is 7.44. The molecule has 0 fully saturated rings. The minimum atomic E-state index is -0.148. The van der Waals surface area contributed by atoms with Crippen LogP contribution in [0.1, 0.15) is 24.2 Å². The van der Waals surface area contributed by atoms with E-state index in [0.29, 0.717) is 24.4 Å². The quantitative estimate of drug-likeness (QED) is 0.750. The van der Waals surface area contributed by atoms with Crippen LogP contribution in [-0.2, 0) is 11.3 Å². The molecule has 0 aliphatic rings. The predicted octanol–water partition coefficient (Wildman–Crippen LogP) is 2.88. The van der Waals surface area contributed by atoms with Crippen LogP contribution in [-0.4, -0.2) is 40.4 Å². The van der Waals surface area contributed by atoms with E-state index in [4.69, 9.17) is 9.72 Å². The molecule has 6 nitrogen and oxygen atoms in total. The van der Waals surface area contributed by atoms with Crippen LogP contribution in [0, 0.1) is 0 Å². The smallest absolute Gasteiger partial charge is 0.252 e. The SMILES string of the molecule is CCn1ncc2c(C(=O)NC(C)COC)cc(-c3ccccc3)nc21. The average Bonchev–Trinajstić information content (AvgIpc) is 3.04. The number of benzene rings is 1. The summed E-state index contributed by atoms with van der Waals surface area (Å²) in [6.45, 7) is 5.06. The summed E-state index contributed by atoms with van der Waals surface area (Å²) in [5.74, 6) is -0.148. The van der Waals surface area contributed by atoms with Crippen molar-refractivity contribution in [2.24, 2.45) is 0 Å². The van der Waals surface area contributed by atoms with Gasteiger partial charge in [-0.2, -0.15) is 5.10 Å². The van der Waals surface area contributed by atoms with E-state index in [1.165, 1.54) is 0 Å². The lowest BCUT2D eigenvalue weighted by Crippen LogP contribution is -2.35. The first kappa shape index (κ1) is 17.1. The number of pyridine rings is 1. The maximum absolute atomic E-state index is 12.8. The molecule has 1 amide bonds. The van der Waals surface area contributed by atoms with Gasteiger partial charge in [-0.3, -0.25) is 4.79 Å². The number of aromatic nitrogens is 3. The van der Waals surface area contributed by atoms with Gasteiger partial charge in [-0.1, -0.05) is 30.3 Å². The number of hydrogen-bond acceptors (Lipinski definition) is 4. The Morgan fingerprint density at radius 2 is 2.08 bits per heavy atom. The molecular weight excluding hydrogens is 316 g/mol. The number of aryl methyl sites for hydroxylation is 1. The van der Waals surface area contributed by atoms with Gasteiger partial charge in [0.25, 0.3) is 5.91 Å². The molecule has 3 rings (SSSR count). The standard InChI is InChI=1S/C19H22N4O2/c1-4-23-18-16(11-20-23)15(19(24)21-13(2)12-25-3)10-17(22-18)14-8-6-5-7-9-14/h5-11,13H,4,12H2,1-3H3,(H,21,24). The van der Waals surface area contributed by atoms with E-state index >= 15 is 0 Å². The normalized spacial score (nSPS) is 12.3. The Morgan fingerprint density at radius 3 is 2.76 bits per heavy atom. The van der Waals surface area contributed by atoms with Crippen molar-refractivity contribution in [2.75, 3.05) is 13.7 Å². The van der Waals surface area contributed by atoms with E-state index in [9.17, 15) is 4.79 Å². The Kier molecular flexibility index (Phi) is 5.09. The van der Waals surface area contributed by atoms with Crippen LogP contribution in [0.3, 0.4) is 0 Å². The van der Waals surface area contributed by atoms with Gasteiger partial charge in [0.2, 0.25) is 0 Å². The molecule has 0 radical (unpaired) electrons. The third-order valence-electron chi connectivity index (χ3n) is 4.02. The molecule has 1 N–H and O–H groups in total. The maximum Gasteiger partial charge on any atom is 0.252 e. The van der Waals surface area contributed by atoms with Crippen molar-refractivity contribution in [1.82, 2.24) is 20.1 Å². The highest BCUT2D eigenvalue weighted by atomic mass is 16.5.